The van der Waals surface area contributed by atoms with Gasteiger partial charge in [-0.2, -0.15) is 11.8 Å². The van der Waals surface area contributed by atoms with Crippen LogP contribution < -0.4 is 10.6 Å². The molecule has 0 unspecified atom stereocenters. The lowest BCUT2D eigenvalue weighted by Gasteiger charge is -2.18. The Bertz CT molecular complexity index is 1190. The number of nitrogens with one attached hydrogen (secondary N) is 3. The number of thioether (sulfide) groups is 1. The summed E-state index contributed by atoms with van der Waals surface area (Å²) in [7, 11) is 0. The van der Waals surface area contributed by atoms with Crippen molar-refractivity contribution in [3.8, 4) is 0 Å². The van der Waals surface area contributed by atoms with Crippen molar-refractivity contribution in [1.29, 1.82) is 0 Å². The van der Waals surface area contributed by atoms with E-state index in [0.29, 0.717) is 13.0 Å². The molecule has 4 aromatic rings. The maximum atomic E-state index is 13.0. The van der Waals surface area contributed by atoms with Gasteiger partial charge in [0.25, 0.3) is 0 Å². The zero-order chi connectivity index (χ0) is 23.6. The van der Waals surface area contributed by atoms with E-state index in [4.69, 9.17) is 4.74 Å². The van der Waals surface area contributed by atoms with Gasteiger partial charge >= 0.3 is 6.09 Å². The molecule has 8 heteroatoms. The number of amides is 2. The largest absolute Gasteiger partial charge is 0.445 e. The molecule has 0 radical (unpaired) electrons. The minimum Gasteiger partial charge on any atom is -0.445 e. The molecule has 0 saturated heterocycles. The average Bonchev–Trinajstić information content (AvgIpc) is 3.53. The van der Waals surface area contributed by atoms with Gasteiger partial charge in [0.2, 0.25) is 5.91 Å². The molecule has 2 amide bonds. The fourth-order valence-corrected chi connectivity index (χ4v) is 5.27. The number of carbonyl (C=O) groups excluding carboxylic acids is 2. The second kappa shape index (κ2) is 12.3. The number of ether oxygens (including phenoxy) is 1. The minimum absolute atomic E-state index is 0.146. The molecule has 4 rings (SSSR count). The maximum Gasteiger partial charge on any atom is 0.408 e. The number of hydrogen-bond acceptors (Lipinski definition) is 5. The third-order valence-electron chi connectivity index (χ3n) is 5.29. The molecule has 0 aliphatic heterocycles. The summed E-state index contributed by atoms with van der Waals surface area (Å²) < 4.78 is 5.36. The second-order valence-corrected chi connectivity index (χ2v) is 9.88. The second-order valence-electron chi connectivity index (χ2n) is 7.75. The highest BCUT2D eigenvalue weighted by atomic mass is 32.2. The van der Waals surface area contributed by atoms with Crippen LogP contribution in [0, 0.1) is 0 Å². The Morgan fingerprint density at radius 2 is 1.85 bits per heavy atom. The van der Waals surface area contributed by atoms with Gasteiger partial charge in [0.05, 0.1) is 0 Å². The predicted molar refractivity (Wildman–Crippen MR) is 139 cm³/mol. The first-order valence-electron chi connectivity index (χ1n) is 11.1. The number of thiophene rings is 1. The van der Waals surface area contributed by atoms with Crippen molar-refractivity contribution < 1.29 is 14.3 Å². The molecule has 0 fully saturated rings. The van der Waals surface area contributed by atoms with E-state index in [1.165, 1.54) is 4.88 Å². The van der Waals surface area contributed by atoms with Crippen molar-refractivity contribution in [2.75, 3.05) is 12.3 Å². The van der Waals surface area contributed by atoms with E-state index in [9.17, 15) is 9.59 Å². The van der Waals surface area contributed by atoms with E-state index in [1.807, 2.05) is 66.9 Å². The van der Waals surface area contributed by atoms with Gasteiger partial charge in [-0.15, -0.1) is 11.3 Å². The molecular formula is C26H27N3O3S2. The summed E-state index contributed by atoms with van der Waals surface area (Å²) in [6.07, 6.45) is 1.63. The zero-order valence-corrected chi connectivity index (χ0v) is 20.3. The van der Waals surface area contributed by atoms with Gasteiger partial charge in [0, 0.05) is 46.4 Å². The van der Waals surface area contributed by atoms with Gasteiger partial charge in [-0.1, -0.05) is 54.6 Å². The number of rotatable bonds is 11. The topological polar surface area (TPSA) is 83.2 Å². The number of H-pyrrole nitrogens is 1. The number of aromatic amines is 1. The third-order valence-corrected chi connectivity index (χ3v) is 7.36. The highest BCUT2D eigenvalue weighted by molar-refractivity contribution is 7.98. The number of para-hydroxylation sites is 1. The van der Waals surface area contributed by atoms with E-state index >= 15 is 0 Å². The van der Waals surface area contributed by atoms with Gasteiger partial charge in [0.15, 0.2) is 0 Å². The predicted octanol–water partition coefficient (Wildman–Crippen LogP) is 5.12. The van der Waals surface area contributed by atoms with Gasteiger partial charge < -0.3 is 20.4 Å². The first kappa shape index (κ1) is 23.9. The summed E-state index contributed by atoms with van der Waals surface area (Å²) in [5.41, 5.74) is 2.84. The van der Waals surface area contributed by atoms with Crippen molar-refractivity contribution in [3.05, 3.63) is 94.3 Å². The molecule has 2 aromatic heterocycles. The van der Waals surface area contributed by atoms with Crippen LogP contribution in [0.2, 0.25) is 0 Å². The van der Waals surface area contributed by atoms with Gasteiger partial charge in [0.1, 0.15) is 12.6 Å². The monoisotopic (exact) mass is 493 g/mol. The number of carbonyl (C=O) groups is 2. The van der Waals surface area contributed by atoms with E-state index in [2.05, 4.69) is 27.1 Å². The quantitative estimate of drug-likeness (QED) is 0.253. The molecule has 34 heavy (non-hydrogen) atoms. The first-order chi connectivity index (χ1) is 16.7. The van der Waals surface area contributed by atoms with Crippen molar-refractivity contribution >= 4 is 46.0 Å². The van der Waals surface area contributed by atoms with Crippen molar-refractivity contribution in [2.45, 2.75) is 24.8 Å². The summed E-state index contributed by atoms with van der Waals surface area (Å²) in [4.78, 5) is 30.1. The van der Waals surface area contributed by atoms with Crippen molar-refractivity contribution in [3.63, 3.8) is 0 Å². The van der Waals surface area contributed by atoms with E-state index in [0.717, 1.165) is 33.5 Å². The van der Waals surface area contributed by atoms with Gasteiger partial charge in [-0.3, -0.25) is 4.79 Å². The number of alkyl carbamates (subject to hydrolysis) is 1. The van der Waals surface area contributed by atoms with Crippen LogP contribution in [0.4, 0.5) is 4.79 Å². The molecule has 0 aliphatic carbocycles. The lowest BCUT2D eigenvalue weighted by Crippen LogP contribution is -2.48. The first-order valence-corrected chi connectivity index (χ1v) is 13.1. The van der Waals surface area contributed by atoms with Crippen molar-refractivity contribution in [1.82, 2.24) is 15.6 Å². The summed E-state index contributed by atoms with van der Waals surface area (Å²) in [6, 6.07) is 20.8. The third kappa shape index (κ3) is 6.88. The summed E-state index contributed by atoms with van der Waals surface area (Å²) >= 11 is 3.50. The molecule has 0 saturated carbocycles. The average molecular weight is 494 g/mol. The number of benzene rings is 2. The minimum atomic E-state index is -0.746. The maximum absolute atomic E-state index is 13.0. The van der Waals surface area contributed by atoms with Crippen molar-refractivity contribution in [2.24, 2.45) is 0 Å². The Hall–Kier alpha value is -3.23. The SMILES string of the molecule is O=C(N[C@@H](Cc1c[nH]c2ccccc12)C(=O)NCCSCc1cccs1)OCc1ccccc1. The fourth-order valence-electron chi connectivity index (χ4n) is 3.57. The molecule has 2 aromatic carbocycles. The lowest BCUT2D eigenvalue weighted by molar-refractivity contribution is -0.122. The molecule has 176 valence electrons. The van der Waals surface area contributed by atoms with E-state index in [-0.39, 0.29) is 12.5 Å². The van der Waals surface area contributed by atoms with Gasteiger partial charge in [-0.25, -0.2) is 4.79 Å². The van der Waals surface area contributed by atoms with Crippen LogP contribution >= 0.6 is 23.1 Å². The van der Waals surface area contributed by atoms with Crippen LogP contribution in [0.1, 0.15) is 16.0 Å². The Morgan fingerprint density at radius 3 is 2.68 bits per heavy atom. The molecule has 2 heterocycles. The molecule has 0 bridgehead atoms. The molecule has 3 N–H and O–H groups in total. The molecule has 1 atom stereocenters. The van der Waals surface area contributed by atoms with Crippen LogP contribution in [-0.4, -0.2) is 35.3 Å². The summed E-state index contributed by atoms with van der Waals surface area (Å²) in [6.45, 7) is 0.674. The Balaban J connectivity index is 1.34. The Morgan fingerprint density at radius 1 is 1.03 bits per heavy atom. The van der Waals surface area contributed by atoms with Crippen LogP contribution in [-0.2, 0) is 28.3 Å². The molecule has 6 nitrogen and oxygen atoms in total. The van der Waals surface area contributed by atoms with Crippen LogP contribution in [0.25, 0.3) is 10.9 Å². The number of hydrogen-bond donors (Lipinski definition) is 3. The highest BCUT2D eigenvalue weighted by Crippen LogP contribution is 2.19. The molecule has 0 spiro atoms. The van der Waals surface area contributed by atoms with Crippen LogP contribution in [0.3, 0.4) is 0 Å². The fraction of sp³-hybridized carbons (Fsp3) is 0.231. The smallest absolute Gasteiger partial charge is 0.408 e. The van der Waals surface area contributed by atoms with E-state index < -0.39 is 12.1 Å². The highest BCUT2D eigenvalue weighted by Gasteiger charge is 2.23. The standard InChI is InChI=1S/C26H27N3O3S2/c30-25(27-12-14-33-18-21-9-6-13-34-21)24(15-20-16-28-23-11-5-4-10-22(20)23)29-26(31)32-17-19-7-2-1-3-8-19/h1-11,13,16,24,28H,12,14-15,17-18H2,(H,27,30)(H,29,31)/t24-/m0/s1. The van der Waals surface area contributed by atoms with Crippen LogP contribution in [0.5, 0.6) is 0 Å². The molecule has 0 aliphatic rings. The molecular weight excluding hydrogens is 466 g/mol. The summed E-state index contributed by atoms with van der Waals surface area (Å²) in [5.74, 6) is 1.50. The number of fused-ring (bicyclic) bond motifs is 1. The lowest BCUT2D eigenvalue weighted by atomic mass is 10.0. The van der Waals surface area contributed by atoms with Gasteiger partial charge in [-0.05, 0) is 28.6 Å². The number of aromatic nitrogens is 1. The zero-order valence-electron chi connectivity index (χ0n) is 18.7. The summed E-state index contributed by atoms with van der Waals surface area (Å²) in [5, 5.41) is 8.83. The Kier molecular flexibility index (Phi) is 8.65. The van der Waals surface area contributed by atoms with E-state index in [1.54, 1.807) is 23.1 Å². The normalized spacial score (nSPS) is 11.8. The van der Waals surface area contributed by atoms with Crippen LogP contribution in [0.15, 0.2) is 78.3 Å². The Labute approximate surface area is 207 Å².